The Hall–Kier alpha value is -3.76. The maximum Gasteiger partial charge on any atom is 0.246 e. The van der Waals surface area contributed by atoms with Crippen molar-refractivity contribution in [1.82, 2.24) is 4.98 Å². The lowest BCUT2D eigenvalue weighted by atomic mass is 9.95. The Labute approximate surface area is 185 Å². The number of hydrogen-bond acceptors (Lipinski definition) is 4. The first kappa shape index (κ1) is 21.9. The highest BCUT2D eigenvalue weighted by atomic mass is 32.1. The molecular weight excluding hydrogens is 408 g/mol. The average molecular weight is 431 g/mol. The van der Waals surface area contributed by atoms with Crippen LogP contribution in [0.5, 0.6) is 0 Å². The zero-order valence-electron chi connectivity index (χ0n) is 17.3. The van der Waals surface area contributed by atoms with Gasteiger partial charge in [-0.1, -0.05) is 43.8 Å². The van der Waals surface area contributed by atoms with Crippen molar-refractivity contribution in [1.29, 1.82) is 0 Å². The molecule has 1 aromatic heterocycles. The van der Waals surface area contributed by atoms with Crippen molar-refractivity contribution < 1.29 is 9.59 Å². The highest BCUT2D eigenvalue weighted by molar-refractivity contribution is 7.15. The van der Waals surface area contributed by atoms with Gasteiger partial charge in [0.2, 0.25) is 17.5 Å². The van der Waals surface area contributed by atoms with E-state index in [4.69, 9.17) is 6.57 Å². The molecule has 1 heterocycles. The van der Waals surface area contributed by atoms with Crippen LogP contribution in [0.15, 0.2) is 61.3 Å². The van der Waals surface area contributed by atoms with E-state index in [1.54, 1.807) is 18.3 Å². The molecule has 3 rings (SSSR count). The summed E-state index contributed by atoms with van der Waals surface area (Å²) >= 11 is 1.48. The Morgan fingerprint density at radius 3 is 2.68 bits per heavy atom. The van der Waals surface area contributed by atoms with Gasteiger partial charge >= 0.3 is 0 Å². The van der Waals surface area contributed by atoms with Gasteiger partial charge in [-0.25, -0.2) is 9.83 Å². The third-order valence-electron chi connectivity index (χ3n) is 4.81. The molecule has 0 unspecified atom stereocenters. The normalized spacial score (nSPS) is 11.3. The summed E-state index contributed by atoms with van der Waals surface area (Å²) in [5.41, 5.74) is 3.33. The number of aromatic nitrogens is 1. The Kier molecular flexibility index (Phi) is 6.96. The molecule has 0 saturated carbocycles. The fourth-order valence-electron chi connectivity index (χ4n) is 2.97. The van der Waals surface area contributed by atoms with Crippen LogP contribution in [0.3, 0.4) is 0 Å². The van der Waals surface area contributed by atoms with Gasteiger partial charge in [-0.3, -0.25) is 9.59 Å². The number of benzene rings is 2. The monoisotopic (exact) mass is 430 g/mol. The quantitative estimate of drug-likeness (QED) is 0.368. The number of nitrogens with one attached hydrogen (secondary N) is 2. The van der Waals surface area contributed by atoms with Gasteiger partial charge in [0.15, 0.2) is 5.13 Å². The maximum absolute atomic E-state index is 12.7. The van der Waals surface area contributed by atoms with Gasteiger partial charge in [0, 0.05) is 16.8 Å². The topological polar surface area (TPSA) is 75.5 Å². The Bertz CT molecular complexity index is 1180. The minimum atomic E-state index is -0.375. The fraction of sp³-hybridized carbons (Fsp3) is 0.167. The first-order chi connectivity index (χ1) is 14.9. The lowest BCUT2D eigenvalue weighted by Crippen LogP contribution is -2.18. The summed E-state index contributed by atoms with van der Waals surface area (Å²) in [6, 6.07) is 12.9. The van der Waals surface area contributed by atoms with Crippen molar-refractivity contribution in [3.63, 3.8) is 0 Å². The molecule has 2 amide bonds. The van der Waals surface area contributed by atoms with Crippen molar-refractivity contribution in [3.8, 4) is 11.1 Å². The van der Waals surface area contributed by atoms with Crippen LogP contribution in [0, 0.1) is 6.57 Å². The van der Waals surface area contributed by atoms with E-state index in [9.17, 15) is 9.59 Å². The van der Waals surface area contributed by atoms with Crippen LogP contribution in [0.2, 0.25) is 0 Å². The maximum atomic E-state index is 12.7. The van der Waals surface area contributed by atoms with E-state index in [-0.39, 0.29) is 17.7 Å². The van der Waals surface area contributed by atoms with Crippen molar-refractivity contribution in [3.05, 3.63) is 83.2 Å². The van der Waals surface area contributed by atoms with Crippen LogP contribution in [0.1, 0.15) is 30.2 Å². The largest absolute Gasteiger partial charge is 0.332 e. The zero-order valence-corrected chi connectivity index (χ0v) is 18.1. The second-order valence-corrected chi connectivity index (χ2v) is 7.97. The predicted molar refractivity (Wildman–Crippen MR) is 126 cm³/mol. The third kappa shape index (κ3) is 5.24. The van der Waals surface area contributed by atoms with Gasteiger partial charge in [0.25, 0.3) is 0 Å². The molecule has 0 aliphatic rings. The first-order valence-corrected chi connectivity index (χ1v) is 10.6. The number of amides is 2. The van der Waals surface area contributed by atoms with E-state index >= 15 is 0 Å². The SMILES string of the molecule is [C-]#[N+]c1cc(-c2cccc([C@H](C)C(=O)Nc3ncc(CC)s3)c2)ccc1NC(=O)C=C. The average Bonchev–Trinajstić information content (AvgIpc) is 3.26. The second-order valence-electron chi connectivity index (χ2n) is 6.86. The molecule has 0 spiro atoms. The van der Waals surface area contributed by atoms with Gasteiger partial charge in [-0.15, -0.1) is 11.3 Å². The molecular formula is C24H22N4O2S. The standard InChI is InChI=1S/C24H22N4O2S/c1-5-19-14-26-24(31-19)28-23(30)15(3)16-8-7-9-17(12-16)18-10-11-20(21(13-18)25-4)27-22(29)6-2/h6-15H,2,5H2,1,3H3,(H,27,29)(H,26,28,30)/t15-/m0/s1. The van der Waals surface area contributed by atoms with Gasteiger partial charge in [-0.05, 0) is 48.2 Å². The number of thiazole rings is 1. The molecule has 31 heavy (non-hydrogen) atoms. The van der Waals surface area contributed by atoms with Crippen molar-refractivity contribution >= 4 is 39.7 Å². The molecule has 7 heteroatoms. The second kappa shape index (κ2) is 9.83. The third-order valence-corrected chi connectivity index (χ3v) is 5.86. The zero-order chi connectivity index (χ0) is 22.4. The van der Waals surface area contributed by atoms with Crippen molar-refractivity contribution in [2.45, 2.75) is 26.2 Å². The molecule has 0 aliphatic carbocycles. The summed E-state index contributed by atoms with van der Waals surface area (Å²) in [5.74, 6) is -0.871. The highest BCUT2D eigenvalue weighted by Gasteiger charge is 2.17. The molecule has 1 atom stereocenters. The van der Waals surface area contributed by atoms with Crippen LogP contribution in [-0.4, -0.2) is 16.8 Å². The van der Waals surface area contributed by atoms with E-state index < -0.39 is 0 Å². The highest BCUT2D eigenvalue weighted by Crippen LogP contribution is 2.33. The van der Waals surface area contributed by atoms with Gasteiger partial charge < -0.3 is 10.6 Å². The number of nitrogens with zero attached hydrogens (tertiary/aromatic N) is 2. The van der Waals surface area contributed by atoms with Crippen LogP contribution < -0.4 is 10.6 Å². The fourth-order valence-corrected chi connectivity index (χ4v) is 3.73. The summed E-state index contributed by atoms with van der Waals surface area (Å²) in [7, 11) is 0. The van der Waals surface area contributed by atoms with Crippen LogP contribution in [0.25, 0.3) is 16.0 Å². The number of rotatable bonds is 7. The molecule has 0 bridgehead atoms. The molecule has 0 fully saturated rings. The van der Waals surface area contributed by atoms with Crippen LogP contribution in [-0.2, 0) is 16.0 Å². The van der Waals surface area contributed by atoms with E-state index in [0.717, 1.165) is 34.1 Å². The number of aryl methyl sites for hydroxylation is 1. The van der Waals surface area contributed by atoms with Crippen molar-refractivity contribution in [2.75, 3.05) is 10.6 Å². The number of carbonyl (C=O) groups is 2. The molecule has 6 nitrogen and oxygen atoms in total. The smallest absolute Gasteiger partial charge is 0.246 e. The molecule has 0 aliphatic heterocycles. The summed E-state index contributed by atoms with van der Waals surface area (Å²) in [6.45, 7) is 14.7. The molecule has 0 saturated heterocycles. The van der Waals surface area contributed by atoms with E-state index in [2.05, 4.69) is 27.0 Å². The van der Waals surface area contributed by atoms with E-state index in [1.165, 1.54) is 11.3 Å². The summed E-state index contributed by atoms with van der Waals surface area (Å²) in [4.78, 5) is 33.1. The first-order valence-electron chi connectivity index (χ1n) is 9.76. The minimum absolute atomic E-state index is 0.126. The molecule has 2 N–H and O–H groups in total. The summed E-state index contributed by atoms with van der Waals surface area (Å²) < 4.78 is 0. The van der Waals surface area contributed by atoms with E-state index in [1.807, 2.05) is 44.2 Å². The number of carbonyl (C=O) groups excluding carboxylic acids is 2. The Morgan fingerprint density at radius 2 is 2.00 bits per heavy atom. The van der Waals surface area contributed by atoms with Crippen LogP contribution in [0.4, 0.5) is 16.5 Å². The number of hydrogen-bond donors (Lipinski definition) is 2. The summed E-state index contributed by atoms with van der Waals surface area (Å²) in [6.07, 6.45) is 3.82. The minimum Gasteiger partial charge on any atom is -0.332 e. The van der Waals surface area contributed by atoms with Crippen LogP contribution >= 0.6 is 11.3 Å². The molecule has 3 aromatic rings. The Morgan fingerprint density at radius 1 is 1.23 bits per heavy atom. The van der Waals surface area contributed by atoms with Gasteiger partial charge in [0.1, 0.15) is 0 Å². The van der Waals surface area contributed by atoms with E-state index in [0.29, 0.717) is 16.5 Å². The molecule has 156 valence electrons. The van der Waals surface area contributed by atoms with Gasteiger partial charge in [0.05, 0.1) is 12.5 Å². The molecule has 0 radical (unpaired) electrons. The van der Waals surface area contributed by atoms with Crippen molar-refractivity contribution in [2.24, 2.45) is 0 Å². The number of anilines is 2. The molecule has 2 aromatic carbocycles. The lowest BCUT2D eigenvalue weighted by molar-refractivity contribution is -0.117. The summed E-state index contributed by atoms with van der Waals surface area (Å²) in [5, 5.41) is 6.12. The lowest BCUT2D eigenvalue weighted by Gasteiger charge is -2.13. The van der Waals surface area contributed by atoms with Gasteiger partial charge in [-0.2, -0.15) is 0 Å². The predicted octanol–water partition coefficient (Wildman–Crippen LogP) is 5.79. The Balaban J connectivity index is 1.82.